The first-order chi connectivity index (χ1) is 10.9. The number of nitrogens with one attached hydrogen (secondary N) is 1. The molecule has 0 amide bonds. The van der Waals surface area contributed by atoms with Gasteiger partial charge in [0.25, 0.3) is 5.56 Å². The summed E-state index contributed by atoms with van der Waals surface area (Å²) in [4.78, 5) is 16.8. The highest BCUT2D eigenvalue weighted by atomic mass is 32.2. The van der Waals surface area contributed by atoms with E-state index in [4.69, 9.17) is 10.00 Å². The lowest BCUT2D eigenvalue weighted by atomic mass is 10.2. The van der Waals surface area contributed by atoms with Gasteiger partial charge in [-0.2, -0.15) is 18.4 Å². The molecule has 120 valence electrons. The normalized spacial score (nSPS) is 11.0. The van der Waals surface area contributed by atoms with Crippen LogP contribution in [0, 0.1) is 11.3 Å². The molecule has 5 nitrogen and oxygen atoms in total. The molecule has 23 heavy (non-hydrogen) atoms. The Morgan fingerprint density at radius 1 is 1.35 bits per heavy atom. The highest BCUT2D eigenvalue weighted by molar-refractivity contribution is 7.99. The Hall–Kier alpha value is -2.47. The number of H-pyrrole nitrogens is 1. The predicted octanol–water partition coefficient (Wildman–Crippen LogP) is 2.83. The van der Waals surface area contributed by atoms with Crippen LogP contribution in [0.3, 0.4) is 0 Å². The molecule has 0 aliphatic rings. The molecular formula is C14H10F3N3O2S. The number of nitrogens with zero attached hydrogens (tertiary/aromatic N) is 2. The number of alkyl halides is 3. The Labute approximate surface area is 133 Å². The van der Waals surface area contributed by atoms with Gasteiger partial charge in [0.1, 0.15) is 5.75 Å². The Morgan fingerprint density at radius 2 is 2.13 bits per heavy atom. The van der Waals surface area contributed by atoms with Crippen LogP contribution in [0.5, 0.6) is 5.75 Å². The van der Waals surface area contributed by atoms with Gasteiger partial charge in [-0.05, 0) is 18.2 Å². The Morgan fingerprint density at radius 3 is 2.83 bits per heavy atom. The average molecular weight is 341 g/mol. The molecule has 0 atom stereocenters. The lowest BCUT2D eigenvalue weighted by Gasteiger charge is -2.08. The molecule has 1 heterocycles. The third kappa shape index (κ3) is 5.03. The van der Waals surface area contributed by atoms with E-state index in [0.29, 0.717) is 17.4 Å². The summed E-state index contributed by atoms with van der Waals surface area (Å²) in [6, 6.07) is 8.88. The third-order valence-corrected chi connectivity index (χ3v) is 3.40. The molecule has 2 aromatic rings. The van der Waals surface area contributed by atoms with E-state index in [1.807, 2.05) is 6.07 Å². The summed E-state index contributed by atoms with van der Waals surface area (Å²) in [7, 11) is 0. The van der Waals surface area contributed by atoms with E-state index in [0.717, 1.165) is 11.8 Å². The van der Waals surface area contributed by atoms with Gasteiger partial charge in [-0.25, -0.2) is 4.98 Å². The molecule has 0 bridgehead atoms. The van der Waals surface area contributed by atoms with Crippen molar-refractivity contribution in [1.29, 1.82) is 5.26 Å². The van der Waals surface area contributed by atoms with Gasteiger partial charge in [-0.15, -0.1) is 0 Å². The van der Waals surface area contributed by atoms with Crippen molar-refractivity contribution >= 4 is 11.8 Å². The lowest BCUT2D eigenvalue weighted by molar-refractivity contribution is -0.141. The van der Waals surface area contributed by atoms with Gasteiger partial charge in [-0.3, -0.25) is 4.79 Å². The number of aromatic nitrogens is 2. The van der Waals surface area contributed by atoms with Crippen molar-refractivity contribution in [3.05, 3.63) is 51.9 Å². The van der Waals surface area contributed by atoms with E-state index in [1.54, 1.807) is 24.3 Å². The standard InChI is InChI=1S/C14H10F3N3O2S/c15-14(16,17)11-7-12(21)20-13(19-11)23-5-4-22-10-3-1-2-9(6-10)8-18/h1-3,6-7H,4-5H2,(H,19,20,21). The number of halogens is 3. The fourth-order valence-electron chi connectivity index (χ4n) is 1.60. The van der Waals surface area contributed by atoms with Crippen LogP contribution in [-0.2, 0) is 6.18 Å². The molecule has 0 unspecified atom stereocenters. The quantitative estimate of drug-likeness (QED) is 0.514. The molecule has 1 aromatic heterocycles. The smallest absolute Gasteiger partial charge is 0.433 e. The molecule has 0 saturated carbocycles. The predicted molar refractivity (Wildman–Crippen MR) is 77.2 cm³/mol. The Kier molecular flexibility index (Phi) is 5.28. The SMILES string of the molecule is N#Cc1cccc(OCCSc2nc(C(F)(F)F)cc(=O)[nH]2)c1. The summed E-state index contributed by atoms with van der Waals surface area (Å²) in [5, 5.41) is 8.63. The molecule has 2 rings (SSSR count). The summed E-state index contributed by atoms with van der Waals surface area (Å²) in [5.74, 6) is 0.760. The van der Waals surface area contributed by atoms with Gasteiger partial charge in [0.05, 0.1) is 18.2 Å². The van der Waals surface area contributed by atoms with E-state index in [2.05, 4.69) is 9.97 Å². The zero-order valence-electron chi connectivity index (χ0n) is 11.6. The van der Waals surface area contributed by atoms with Crippen LogP contribution < -0.4 is 10.3 Å². The van der Waals surface area contributed by atoms with Gasteiger partial charge in [-0.1, -0.05) is 17.8 Å². The van der Waals surface area contributed by atoms with Crippen LogP contribution in [-0.4, -0.2) is 22.3 Å². The summed E-state index contributed by atoms with van der Waals surface area (Å²) in [6.07, 6.45) is -4.67. The van der Waals surface area contributed by atoms with E-state index < -0.39 is 17.4 Å². The van der Waals surface area contributed by atoms with Gasteiger partial charge >= 0.3 is 6.18 Å². The molecule has 0 saturated heterocycles. The first-order valence-electron chi connectivity index (χ1n) is 6.33. The molecule has 1 N–H and O–H groups in total. The second-order valence-electron chi connectivity index (χ2n) is 4.27. The fraction of sp³-hybridized carbons (Fsp3) is 0.214. The maximum absolute atomic E-state index is 12.6. The van der Waals surface area contributed by atoms with E-state index in [9.17, 15) is 18.0 Å². The number of hydrogen-bond acceptors (Lipinski definition) is 5. The van der Waals surface area contributed by atoms with Crippen molar-refractivity contribution in [2.24, 2.45) is 0 Å². The zero-order chi connectivity index (χ0) is 16.9. The lowest BCUT2D eigenvalue weighted by Crippen LogP contribution is -2.17. The maximum Gasteiger partial charge on any atom is 0.433 e. The number of rotatable bonds is 5. The second kappa shape index (κ2) is 7.19. The van der Waals surface area contributed by atoms with Crippen molar-refractivity contribution < 1.29 is 17.9 Å². The fourth-order valence-corrected chi connectivity index (χ4v) is 2.30. The van der Waals surface area contributed by atoms with Crippen LogP contribution in [0.2, 0.25) is 0 Å². The van der Waals surface area contributed by atoms with Gasteiger partial charge in [0.2, 0.25) is 0 Å². The first kappa shape index (κ1) is 16.9. The number of benzene rings is 1. The number of nitriles is 1. The summed E-state index contributed by atoms with van der Waals surface area (Å²) < 4.78 is 43.0. The third-order valence-electron chi connectivity index (χ3n) is 2.56. The molecule has 0 aliphatic heterocycles. The number of aromatic amines is 1. The average Bonchev–Trinajstić information content (AvgIpc) is 2.50. The monoisotopic (exact) mass is 341 g/mol. The van der Waals surface area contributed by atoms with Crippen molar-refractivity contribution in [3.8, 4) is 11.8 Å². The largest absolute Gasteiger partial charge is 0.493 e. The molecule has 1 aromatic carbocycles. The molecule has 0 fully saturated rings. The number of thioether (sulfide) groups is 1. The van der Waals surface area contributed by atoms with Crippen molar-refractivity contribution in [2.75, 3.05) is 12.4 Å². The number of hydrogen-bond donors (Lipinski definition) is 1. The number of ether oxygens (including phenoxy) is 1. The second-order valence-corrected chi connectivity index (χ2v) is 5.35. The van der Waals surface area contributed by atoms with Crippen LogP contribution in [0.4, 0.5) is 13.2 Å². The van der Waals surface area contributed by atoms with Crippen molar-refractivity contribution in [3.63, 3.8) is 0 Å². The topological polar surface area (TPSA) is 78.8 Å². The Balaban J connectivity index is 1.93. The molecule has 9 heteroatoms. The van der Waals surface area contributed by atoms with Gasteiger partial charge < -0.3 is 9.72 Å². The van der Waals surface area contributed by atoms with Crippen molar-refractivity contribution in [2.45, 2.75) is 11.3 Å². The van der Waals surface area contributed by atoms with Crippen molar-refractivity contribution in [1.82, 2.24) is 9.97 Å². The van der Waals surface area contributed by atoms with Crippen LogP contribution in [0.25, 0.3) is 0 Å². The van der Waals surface area contributed by atoms with Gasteiger partial charge in [0, 0.05) is 11.8 Å². The van der Waals surface area contributed by atoms with Crippen LogP contribution in [0.15, 0.2) is 40.3 Å². The maximum atomic E-state index is 12.6. The Bertz CT molecular complexity index is 784. The van der Waals surface area contributed by atoms with E-state index in [1.165, 1.54) is 0 Å². The van der Waals surface area contributed by atoms with E-state index >= 15 is 0 Å². The minimum Gasteiger partial charge on any atom is -0.493 e. The molecule has 0 radical (unpaired) electrons. The first-order valence-corrected chi connectivity index (χ1v) is 7.31. The van der Waals surface area contributed by atoms with Crippen LogP contribution in [0.1, 0.15) is 11.3 Å². The summed E-state index contributed by atoms with van der Waals surface area (Å²) in [6.45, 7) is 0.180. The molecule has 0 spiro atoms. The minimum atomic E-state index is -4.67. The highest BCUT2D eigenvalue weighted by Crippen LogP contribution is 2.27. The minimum absolute atomic E-state index is 0.126. The van der Waals surface area contributed by atoms with E-state index in [-0.39, 0.29) is 17.5 Å². The zero-order valence-corrected chi connectivity index (χ0v) is 12.4. The molecular weight excluding hydrogens is 331 g/mol. The highest BCUT2D eigenvalue weighted by Gasteiger charge is 2.33. The summed E-state index contributed by atoms with van der Waals surface area (Å²) in [5.41, 5.74) is -1.65. The summed E-state index contributed by atoms with van der Waals surface area (Å²) >= 11 is 0.937. The molecule has 0 aliphatic carbocycles. The van der Waals surface area contributed by atoms with Gasteiger partial charge in [0.15, 0.2) is 10.9 Å². The van der Waals surface area contributed by atoms with Crippen LogP contribution >= 0.6 is 11.8 Å².